The second kappa shape index (κ2) is 9.72. The van der Waals surface area contributed by atoms with Crippen LogP contribution in [0.4, 0.5) is 5.69 Å². The Bertz CT molecular complexity index is 1310. The van der Waals surface area contributed by atoms with Crippen molar-refractivity contribution in [2.75, 3.05) is 26.2 Å². The molecule has 0 bridgehead atoms. The monoisotopic (exact) mass is 473 g/mol. The number of rotatable bonds is 6. The highest BCUT2D eigenvalue weighted by Gasteiger charge is 2.47. The van der Waals surface area contributed by atoms with Gasteiger partial charge >= 0.3 is 5.97 Å². The van der Waals surface area contributed by atoms with Crippen LogP contribution in [0.2, 0.25) is 0 Å². The molecule has 8 heteroatoms. The number of esters is 1. The number of carbonyl (C=O) groups excluding carboxylic acids is 3. The number of aliphatic hydroxyl groups is 1. The average molecular weight is 473 g/mol. The van der Waals surface area contributed by atoms with Crippen molar-refractivity contribution in [3.63, 3.8) is 0 Å². The van der Waals surface area contributed by atoms with Crippen molar-refractivity contribution in [2.45, 2.75) is 6.04 Å². The van der Waals surface area contributed by atoms with E-state index in [1.807, 2.05) is 6.07 Å². The molecule has 178 valence electrons. The minimum absolute atomic E-state index is 0.0928. The molecule has 8 nitrogen and oxygen atoms in total. The number of ether oxygens (including phenoxy) is 3. The molecule has 0 aromatic heterocycles. The van der Waals surface area contributed by atoms with Crippen LogP contribution < -0.4 is 14.4 Å². The third-order valence-corrected chi connectivity index (χ3v) is 5.79. The molecule has 1 heterocycles. The Labute approximate surface area is 202 Å². The van der Waals surface area contributed by atoms with Gasteiger partial charge < -0.3 is 19.3 Å². The summed E-state index contributed by atoms with van der Waals surface area (Å²) < 4.78 is 15.4. The molecule has 1 unspecified atom stereocenters. The van der Waals surface area contributed by atoms with E-state index in [0.717, 1.165) is 0 Å². The SMILES string of the molecule is COC(=O)c1ccc(N2C(=O)C(=O)/C(=C(/O)c3cc(OC)ccc3OC)C2c2ccccc2)cc1. The maximum absolute atomic E-state index is 13.3. The molecule has 0 aliphatic carbocycles. The van der Waals surface area contributed by atoms with Gasteiger partial charge in [-0.1, -0.05) is 30.3 Å². The van der Waals surface area contributed by atoms with Crippen molar-refractivity contribution in [1.29, 1.82) is 0 Å². The van der Waals surface area contributed by atoms with Gasteiger partial charge in [0.25, 0.3) is 11.7 Å². The molecule has 3 aromatic carbocycles. The molecule has 0 spiro atoms. The lowest BCUT2D eigenvalue weighted by molar-refractivity contribution is -0.132. The number of carbonyl (C=O) groups is 3. The lowest BCUT2D eigenvalue weighted by Crippen LogP contribution is -2.29. The van der Waals surface area contributed by atoms with E-state index >= 15 is 0 Å². The normalized spacial score (nSPS) is 16.8. The largest absolute Gasteiger partial charge is 0.507 e. The lowest BCUT2D eigenvalue weighted by Gasteiger charge is -2.25. The molecule has 35 heavy (non-hydrogen) atoms. The maximum Gasteiger partial charge on any atom is 0.337 e. The van der Waals surface area contributed by atoms with Gasteiger partial charge in [-0.15, -0.1) is 0 Å². The Hall–Kier alpha value is -4.59. The number of anilines is 1. The second-order valence-electron chi connectivity index (χ2n) is 7.68. The molecule has 0 saturated carbocycles. The van der Waals surface area contributed by atoms with E-state index in [1.165, 1.54) is 44.4 Å². The van der Waals surface area contributed by atoms with Crippen molar-refractivity contribution in [3.8, 4) is 11.5 Å². The van der Waals surface area contributed by atoms with Crippen LogP contribution in [-0.2, 0) is 14.3 Å². The smallest absolute Gasteiger partial charge is 0.337 e. The van der Waals surface area contributed by atoms with Crippen LogP contribution in [-0.4, -0.2) is 44.1 Å². The summed E-state index contributed by atoms with van der Waals surface area (Å²) in [5, 5.41) is 11.4. The van der Waals surface area contributed by atoms with Gasteiger partial charge in [0.1, 0.15) is 17.3 Å². The van der Waals surface area contributed by atoms with E-state index in [-0.39, 0.29) is 16.9 Å². The molecule has 1 atom stereocenters. The lowest BCUT2D eigenvalue weighted by atomic mass is 9.94. The van der Waals surface area contributed by atoms with Gasteiger partial charge in [-0.25, -0.2) is 4.79 Å². The summed E-state index contributed by atoms with van der Waals surface area (Å²) in [6.45, 7) is 0. The van der Waals surface area contributed by atoms with Crippen LogP contribution in [0.25, 0.3) is 5.76 Å². The highest BCUT2D eigenvalue weighted by atomic mass is 16.5. The summed E-state index contributed by atoms with van der Waals surface area (Å²) in [7, 11) is 4.19. The maximum atomic E-state index is 13.3. The minimum Gasteiger partial charge on any atom is -0.507 e. The fourth-order valence-electron chi connectivity index (χ4n) is 4.07. The Balaban J connectivity index is 1.92. The molecule has 3 aromatic rings. The summed E-state index contributed by atoms with van der Waals surface area (Å²) >= 11 is 0. The number of nitrogens with zero attached hydrogens (tertiary/aromatic N) is 1. The zero-order valence-electron chi connectivity index (χ0n) is 19.3. The highest BCUT2D eigenvalue weighted by Crippen LogP contribution is 2.43. The number of Topliss-reactive ketones (excluding diaryl/α,β-unsaturated/α-hetero) is 1. The van der Waals surface area contributed by atoms with Gasteiger partial charge in [0, 0.05) is 5.69 Å². The molecule has 1 saturated heterocycles. The van der Waals surface area contributed by atoms with E-state index in [9.17, 15) is 19.5 Å². The van der Waals surface area contributed by atoms with Gasteiger partial charge in [0.15, 0.2) is 0 Å². The van der Waals surface area contributed by atoms with Crippen LogP contribution >= 0.6 is 0 Å². The first-order valence-electron chi connectivity index (χ1n) is 10.7. The third-order valence-electron chi connectivity index (χ3n) is 5.79. The number of hydrogen-bond donors (Lipinski definition) is 1. The van der Waals surface area contributed by atoms with Crippen molar-refractivity contribution in [3.05, 3.63) is 95.1 Å². The molecule has 1 fully saturated rings. The average Bonchev–Trinajstić information content (AvgIpc) is 3.18. The molecule has 4 rings (SSSR count). The predicted molar refractivity (Wildman–Crippen MR) is 129 cm³/mol. The quantitative estimate of drug-likeness (QED) is 0.249. The standard InChI is InChI=1S/C27H23NO7/c1-33-19-13-14-21(34-2)20(15-19)24(29)22-23(16-7-5-4-6-8-16)28(26(31)25(22)30)18-11-9-17(10-12-18)27(32)35-3/h4-15,23,29H,1-3H3/b24-22+. The van der Waals surface area contributed by atoms with E-state index in [1.54, 1.807) is 48.5 Å². The molecule has 1 aliphatic heterocycles. The zero-order chi connectivity index (χ0) is 25.1. The Morgan fingerprint density at radius 3 is 2.17 bits per heavy atom. The summed E-state index contributed by atoms with van der Waals surface area (Å²) in [5.74, 6) is -1.82. The first-order valence-corrected chi connectivity index (χ1v) is 10.7. The molecular weight excluding hydrogens is 450 g/mol. The van der Waals surface area contributed by atoms with Crippen molar-refractivity contribution in [1.82, 2.24) is 0 Å². The van der Waals surface area contributed by atoms with Gasteiger partial charge in [-0.3, -0.25) is 14.5 Å². The first-order chi connectivity index (χ1) is 16.9. The number of amides is 1. The molecular formula is C27H23NO7. The summed E-state index contributed by atoms with van der Waals surface area (Å²) in [6.07, 6.45) is 0. The minimum atomic E-state index is -0.920. The van der Waals surface area contributed by atoms with Crippen molar-refractivity contribution in [2.24, 2.45) is 0 Å². The number of methoxy groups -OCH3 is 3. The van der Waals surface area contributed by atoms with Gasteiger partial charge in [0.2, 0.25) is 0 Å². The Morgan fingerprint density at radius 1 is 0.886 bits per heavy atom. The van der Waals surface area contributed by atoms with E-state index in [0.29, 0.717) is 28.3 Å². The fourth-order valence-corrected chi connectivity index (χ4v) is 4.07. The Kier molecular flexibility index (Phi) is 6.55. The van der Waals surface area contributed by atoms with Gasteiger partial charge in [0.05, 0.1) is 44.1 Å². The van der Waals surface area contributed by atoms with Gasteiger partial charge in [-0.05, 0) is 48.0 Å². The number of hydrogen-bond acceptors (Lipinski definition) is 7. The van der Waals surface area contributed by atoms with Crippen LogP contribution in [0, 0.1) is 0 Å². The van der Waals surface area contributed by atoms with Crippen LogP contribution in [0.5, 0.6) is 11.5 Å². The topological polar surface area (TPSA) is 102 Å². The predicted octanol–water partition coefficient (Wildman–Crippen LogP) is 4.12. The third kappa shape index (κ3) is 4.21. The summed E-state index contributed by atoms with van der Waals surface area (Å²) in [4.78, 5) is 39.7. The highest BCUT2D eigenvalue weighted by molar-refractivity contribution is 6.51. The number of ketones is 1. The zero-order valence-corrected chi connectivity index (χ0v) is 19.3. The molecule has 1 amide bonds. The number of aliphatic hydroxyl groups excluding tert-OH is 1. The summed E-state index contributed by atoms with van der Waals surface area (Å²) in [5.41, 5.74) is 1.42. The summed E-state index contributed by atoms with van der Waals surface area (Å²) in [6, 6.07) is 18.9. The van der Waals surface area contributed by atoms with E-state index in [4.69, 9.17) is 14.2 Å². The van der Waals surface area contributed by atoms with Crippen LogP contribution in [0.1, 0.15) is 27.5 Å². The van der Waals surface area contributed by atoms with Gasteiger partial charge in [-0.2, -0.15) is 0 Å². The first kappa shape index (κ1) is 23.6. The van der Waals surface area contributed by atoms with Crippen LogP contribution in [0.15, 0.2) is 78.4 Å². The molecule has 0 radical (unpaired) electrons. The number of benzene rings is 3. The van der Waals surface area contributed by atoms with E-state index in [2.05, 4.69) is 0 Å². The fraction of sp³-hybridized carbons (Fsp3) is 0.148. The van der Waals surface area contributed by atoms with Crippen LogP contribution in [0.3, 0.4) is 0 Å². The van der Waals surface area contributed by atoms with E-state index < -0.39 is 23.7 Å². The Morgan fingerprint density at radius 2 is 1.57 bits per heavy atom. The van der Waals surface area contributed by atoms with Crippen molar-refractivity contribution < 1.29 is 33.7 Å². The second-order valence-corrected chi connectivity index (χ2v) is 7.68. The molecule has 1 N–H and O–H groups in total. The van der Waals surface area contributed by atoms with Crippen molar-refractivity contribution >= 4 is 29.1 Å². The molecule has 1 aliphatic rings.